The number of hydrogen-bond donors (Lipinski definition) is 2. The molecule has 0 aliphatic rings. The molecule has 1 aromatic heterocycles. The predicted octanol–water partition coefficient (Wildman–Crippen LogP) is 8.03. The highest BCUT2D eigenvalue weighted by Crippen LogP contribution is 2.41. The van der Waals surface area contributed by atoms with Gasteiger partial charge in [0.15, 0.2) is 0 Å². The number of methoxy groups -OCH3 is 1. The third-order valence-corrected chi connectivity index (χ3v) is 9.57. The lowest BCUT2D eigenvalue weighted by Crippen LogP contribution is -2.40. The van der Waals surface area contributed by atoms with Gasteiger partial charge in [-0.1, -0.05) is 164 Å². The number of aromatic nitrogens is 2. The van der Waals surface area contributed by atoms with Gasteiger partial charge in [0, 0.05) is 6.20 Å². The van der Waals surface area contributed by atoms with Gasteiger partial charge in [0.05, 0.1) is 26.4 Å². The maximum absolute atomic E-state index is 13.7. The van der Waals surface area contributed by atoms with E-state index >= 15 is 0 Å². The zero-order chi connectivity index (χ0) is 36.5. The molecule has 2 N–H and O–H groups in total. The van der Waals surface area contributed by atoms with E-state index in [1.807, 2.05) is 152 Å². The molecule has 0 aliphatic heterocycles. The molecule has 7 aromatic rings. The minimum atomic E-state index is -1.02. The number of benzene rings is 6. The highest BCUT2D eigenvalue weighted by Gasteiger charge is 2.39. The molecule has 7 rings (SSSR count). The van der Waals surface area contributed by atoms with Crippen molar-refractivity contribution < 1.29 is 14.6 Å². The zero-order valence-corrected chi connectivity index (χ0v) is 29.5. The maximum Gasteiger partial charge on any atom is 0.349 e. The van der Waals surface area contributed by atoms with Crippen LogP contribution >= 0.6 is 0 Å². The van der Waals surface area contributed by atoms with Crippen molar-refractivity contribution in [3.8, 4) is 5.75 Å². The van der Waals surface area contributed by atoms with E-state index in [0.29, 0.717) is 5.82 Å². The van der Waals surface area contributed by atoms with Crippen LogP contribution in [0.15, 0.2) is 193 Å². The molecule has 0 amide bonds. The van der Waals surface area contributed by atoms with E-state index in [0.717, 1.165) is 39.1 Å². The fraction of sp³-hybridized carbons (Fsp3) is 0.130. The Kier molecular flexibility index (Phi) is 10.6. The summed E-state index contributed by atoms with van der Waals surface area (Å²) in [5.74, 6) is 1.12. The summed E-state index contributed by atoms with van der Waals surface area (Å²) in [5.41, 5.74) is 3.25. The highest BCUT2D eigenvalue weighted by atomic mass is 16.5. The van der Waals surface area contributed by atoms with Crippen LogP contribution in [0.3, 0.4) is 0 Å². The molecule has 7 nitrogen and oxygen atoms in total. The second-order valence-corrected chi connectivity index (χ2v) is 12.8. The number of ether oxygens (including phenoxy) is 2. The topological polar surface area (TPSA) is 85.6 Å². The molecule has 0 bridgehead atoms. The monoisotopic (exact) mass is 699 g/mol. The van der Waals surface area contributed by atoms with Crippen LogP contribution in [-0.2, 0) is 22.4 Å². The molecule has 0 spiro atoms. The van der Waals surface area contributed by atoms with E-state index in [9.17, 15) is 9.90 Å². The molecule has 0 radical (unpaired) electrons. The molecule has 53 heavy (non-hydrogen) atoms. The number of nitrogens with zero attached hydrogens (tertiary/aromatic N) is 2. The van der Waals surface area contributed by atoms with Crippen LogP contribution in [-0.4, -0.2) is 34.5 Å². The van der Waals surface area contributed by atoms with Crippen molar-refractivity contribution in [3.63, 3.8) is 0 Å². The largest absolute Gasteiger partial charge is 0.497 e. The summed E-state index contributed by atoms with van der Waals surface area (Å²) < 4.78 is 13.7. The minimum absolute atomic E-state index is 0.0123. The van der Waals surface area contributed by atoms with Gasteiger partial charge in [0.2, 0.25) is 0 Å². The van der Waals surface area contributed by atoms with Crippen LogP contribution < -0.4 is 15.7 Å². The lowest BCUT2D eigenvalue weighted by Gasteiger charge is -2.37. The van der Waals surface area contributed by atoms with Gasteiger partial charge in [0.25, 0.3) is 0 Å². The lowest BCUT2D eigenvalue weighted by molar-refractivity contribution is -0.0426. The van der Waals surface area contributed by atoms with Crippen LogP contribution in [0.25, 0.3) is 0 Å². The first-order valence-corrected chi connectivity index (χ1v) is 17.6. The molecule has 264 valence electrons. The Morgan fingerprint density at radius 3 is 1.43 bits per heavy atom. The van der Waals surface area contributed by atoms with Gasteiger partial charge >= 0.3 is 5.69 Å². The summed E-state index contributed by atoms with van der Waals surface area (Å²) in [7, 11) is 1.64. The Hall–Kier alpha value is -6.28. The van der Waals surface area contributed by atoms with Crippen molar-refractivity contribution >= 4 is 5.82 Å². The predicted molar refractivity (Wildman–Crippen MR) is 209 cm³/mol. The fourth-order valence-corrected chi connectivity index (χ4v) is 7.03. The van der Waals surface area contributed by atoms with Crippen molar-refractivity contribution in [2.45, 2.75) is 23.8 Å². The number of hydrogen-bond acceptors (Lipinski definition) is 6. The van der Waals surface area contributed by atoms with Gasteiger partial charge in [-0.2, -0.15) is 4.98 Å². The zero-order valence-electron chi connectivity index (χ0n) is 29.5. The van der Waals surface area contributed by atoms with E-state index in [1.165, 1.54) is 4.57 Å². The number of nitrogens with one attached hydrogen (secondary N) is 1. The molecule has 0 aliphatic carbocycles. The third-order valence-electron chi connectivity index (χ3n) is 9.57. The standard InChI is InChI=1S/C46H41N3O4/c1-52-42-29-27-37(28-30-42)45(35-17-7-2-8-18-35,36-19-9-3-10-20-36)48-43-31-32-49(44(51)47-43)33-41(50)34-53-46(38-21-11-4-12-22-38,39-23-13-5-14-24-39)40-25-15-6-16-26-40/h2-32,41,50H,33-34H2,1H3,(H,47,48,51)/t41-/m0/s1. The molecular formula is C46H41N3O4. The summed E-state index contributed by atoms with van der Waals surface area (Å²) >= 11 is 0. The van der Waals surface area contributed by atoms with Crippen molar-refractivity contribution in [1.82, 2.24) is 9.55 Å². The van der Waals surface area contributed by atoms with Crippen LogP contribution in [0.2, 0.25) is 0 Å². The summed E-state index contributed by atoms with van der Waals surface area (Å²) in [6.07, 6.45) is 0.643. The van der Waals surface area contributed by atoms with E-state index < -0.39 is 22.9 Å². The minimum Gasteiger partial charge on any atom is -0.497 e. The van der Waals surface area contributed by atoms with Gasteiger partial charge in [-0.3, -0.25) is 4.57 Å². The SMILES string of the molecule is COc1ccc(C(Nc2ccn(C[C@H](O)COC(c3ccccc3)(c3ccccc3)c3ccccc3)c(=O)n2)(c2ccccc2)c2ccccc2)cc1. The first-order chi connectivity index (χ1) is 26.0. The van der Waals surface area contributed by atoms with Crippen molar-refractivity contribution in [1.29, 1.82) is 0 Å². The van der Waals surface area contributed by atoms with E-state index in [2.05, 4.69) is 34.6 Å². The molecular weight excluding hydrogens is 659 g/mol. The Bertz CT molecular complexity index is 2110. The summed E-state index contributed by atoms with van der Waals surface area (Å²) in [4.78, 5) is 18.2. The summed E-state index contributed by atoms with van der Waals surface area (Å²) in [6, 6.07) is 59.8. The first-order valence-electron chi connectivity index (χ1n) is 17.6. The Labute approximate surface area is 309 Å². The average Bonchev–Trinajstić information content (AvgIpc) is 3.23. The summed E-state index contributed by atoms with van der Waals surface area (Å²) in [6.45, 7) is -0.0602. The van der Waals surface area contributed by atoms with Crippen LogP contribution in [0.5, 0.6) is 5.75 Å². The van der Waals surface area contributed by atoms with Gasteiger partial charge in [0.1, 0.15) is 22.7 Å². The van der Waals surface area contributed by atoms with Gasteiger partial charge in [-0.05, 0) is 51.6 Å². The third kappa shape index (κ3) is 7.26. The number of anilines is 1. The quantitative estimate of drug-likeness (QED) is 0.112. The Morgan fingerprint density at radius 1 is 0.604 bits per heavy atom. The van der Waals surface area contributed by atoms with Gasteiger partial charge in [-0.25, -0.2) is 4.79 Å². The van der Waals surface area contributed by atoms with Crippen molar-refractivity contribution in [2.75, 3.05) is 19.0 Å². The number of aliphatic hydroxyl groups is 1. The molecule has 0 unspecified atom stereocenters. The Balaban J connectivity index is 1.19. The normalized spacial score (nSPS) is 12.2. The van der Waals surface area contributed by atoms with Crippen LogP contribution in [0.4, 0.5) is 5.82 Å². The molecule has 0 saturated carbocycles. The Morgan fingerprint density at radius 2 is 1.02 bits per heavy atom. The number of rotatable bonds is 14. The van der Waals surface area contributed by atoms with Crippen molar-refractivity contribution in [3.05, 3.63) is 232 Å². The lowest BCUT2D eigenvalue weighted by atomic mass is 9.77. The van der Waals surface area contributed by atoms with Crippen LogP contribution in [0, 0.1) is 0 Å². The maximum atomic E-state index is 13.7. The van der Waals surface area contributed by atoms with Gasteiger partial charge < -0.3 is 19.9 Å². The van der Waals surface area contributed by atoms with E-state index in [1.54, 1.807) is 19.4 Å². The first kappa shape index (κ1) is 35.1. The molecule has 7 heteroatoms. The smallest absolute Gasteiger partial charge is 0.349 e. The summed E-state index contributed by atoms with van der Waals surface area (Å²) in [5, 5.41) is 15.1. The van der Waals surface area contributed by atoms with Crippen molar-refractivity contribution in [2.24, 2.45) is 0 Å². The molecule has 6 aromatic carbocycles. The highest BCUT2D eigenvalue weighted by molar-refractivity contribution is 5.58. The van der Waals surface area contributed by atoms with Gasteiger partial charge in [-0.15, -0.1) is 0 Å². The molecule has 0 fully saturated rings. The average molecular weight is 700 g/mol. The molecule has 0 saturated heterocycles. The molecule has 1 atom stereocenters. The number of aliphatic hydroxyl groups excluding tert-OH is 1. The van der Waals surface area contributed by atoms with E-state index in [-0.39, 0.29) is 13.2 Å². The molecule has 1 heterocycles. The second kappa shape index (κ2) is 15.9. The van der Waals surface area contributed by atoms with Crippen LogP contribution in [0.1, 0.15) is 33.4 Å². The fourth-order valence-electron chi connectivity index (χ4n) is 7.03. The second-order valence-electron chi connectivity index (χ2n) is 12.8. The van der Waals surface area contributed by atoms with E-state index in [4.69, 9.17) is 9.47 Å².